The highest BCUT2D eigenvalue weighted by molar-refractivity contribution is 5.79. The van der Waals surface area contributed by atoms with Crippen molar-refractivity contribution >= 4 is 5.91 Å². The molecule has 5 heteroatoms. The molecule has 1 aliphatic heterocycles. The van der Waals surface area contributed by atoms with Crippen molar-refractivity contribution in [3.63, 3.8) is 0 Å². The average molecular weight is 340 g/mol. The van der Waals surface area contributed by atoms with E-state index in [4.69, 9.17) is 9.47 Å². The molecule has 3 rings (SSSR count). The minimum Gasteiger partial charge on any atom is -0.496 e. The fraction of sp³-hybridized carbons (Fsp3) is 0.400. The highest BCUT2D eigenvalue weighted by Gasteiger charge is 2.27. The largest absolute Gasteiger partial charge is 0.496 e. The Kier molecular flexibility index (Phi) is 6.01. The number of pyridine rings is 1. The van der Waals surface area contributed by atoms with E-state index in [-0.39, 0.29) is 11.9 Å². The molecule has 2 aromatic rings. The topological polar surface area (TPSA) is 60.5 Å². The van der Waals surface area contributed by atoms with Gasteiger partial charge in [-0.1, -0.05) is 24.3 Å². The maximum atomic E-state index is 12.7. The van der Waals surface area contributed by atoms with E-state index in [2.05, 4.69) is 10.3 Å². The quantitative estimate of drug-likeness (QED) is 0.878. The lowest BCUT2D eigenvalue weighted by Crippen LogP contribution is -2.36. The lowest BCUT2D eigenvalue weighted by atomic mass is 9.87. The number of para-hydroxylation sites is 1. The predicted molar refractivity (Wildman–Crippen MR) is 95.4 cm³/mol. The van der Waals surface area contributed by atoms with E-state index in [0.717, 1.165) is 42.9 Å². The molecular weight excluding hydrogens is 316 g/mol. The van der Waals surface area contributed by atoms with Gasteiger partial charge in [0.25, 0.3) is 0 Å². The molecule has 1 aromatic carbocycles. The summed E-state index contributed by atoms with van der Waals surface area (Å²) in [6.07, 6.45) is 5.76. The number of methoxy groups -OCH3 is 1. The van der Waals surface area contributed by atoms with Gasteiger partial charge in [-0.05, 0) is 36.5 Å². The Morgan fingerprint density at radius 2 is 2.08 bits per heavy atom. The van der Waals surface area contributed by atoms with E-state index in [1.165, 1.54) is 0 Å². The third kappa shape index (κ3) is 4.57. The molecule has 1 aromatic heterocycles. The minimum absolute atomic E-state index is 0.00940. The standard InChI is InChI=1S/C20H24N2O3/c1-24-18-7-3-2-5-16(18)13-19(23)22-20(15-8-11-25-12-9-15)17-6-4-10-21-14-17/h2-7,10,14-15,20H,8-9,11-13H2,1H3,(H,22,23)/t20-/m0/s1. The molecule has 1 saturated heterocycles. The molecule has 0 bridgehead atoms. The highest BCUT2D eigenvalue weighted by atomic mass is 16.5. The Bertz CT molecular complexity index is 684. The molecule has 0 spiro atoms. The van der Waals surface area contributed by atoms with Crippen molar-refractivity contribution in [2.24, 2.45) is 5.92 Å². The molecular formula is C20H24N2O3. The van der Waals surface area contributed by atoms with Crippen LogP contribution in [0.15, 0.2) is 48.8 Å². The smallest absolute Gasteiger partial charge is 0.225 e. The fourth-order valence-electron chi connectivity index (χ4n) is 3.33. The molecule has 0 radical (unpaired) electrons. The van der Waals surface area contributed by atoms with Crippen molar-refractivity contribution in [3.05, 3.63) is 59.9 Å². The number of carbonyl (C=O) groups excluding carboxylic acids is 1. The molecule has 0 saturated carbocycles. The number of ether oxygens (including phenoxy) is 2. The molecule has 1 fully saturated rings. The second-order valence-corrected chi connectivity index (χ2v) is 6.27. The Labute approximate surface area is 148 Å². The molecule has 132 valence electrons. The van der Waals surface area contributed by atoms with E-state index in [9.17, 15) is 4.79 Å². The molecule has 1 N–H and O–H groups in total. The second kappa shape index (κ2) is 8.62. The first-order valence-electron chi connectivity index (χ1n) is 8.67. The molecule has 0 unspecified atom stereocenters. The Balaban J connectivity index is 1.74. The fourth-order valence-corrected chi connectivity index (χ4v) is 3.33. The number of carbonyl (C=O) groups is 1. The van der Waals surface area contributed by atoms with Crippen LogP contribution in [0.3, 0.4) is 0 Å². The SMILES string of the molecule is COc1ccccc1CC(=O)N[C@H](c1cccnc1)C1CCOCC1. The van der Waals surface area contributed by atoms with E-state index < -0.39 is 0 Å². The third-order valence-electron chi connectivity index (χ3n) is 4.64. The van der Waals surface area contributed by atoms with Crippen molar-refractivity contribution < 1.29 is 14.3 Å². The second-order valence-electron chi connectivity index (χ2n) is 6.27. The molecule has 0 aliphatic carbocycles. The lowest BCUT2D eigenvalue weighted by Gasteiger charge is -2.31. The lowest BCUT2D eigenvalue weighted by molar-refractivity contribution is -0.121. The van der Waals surface area contributed by atoms with Crippen LogP contribution in [-0.4, -0.2) is 31.2 Å². The van der Waals surface area contributed by atoms with Gasteiger partial charge in [0.05, 0.1) is 19.6 Å². The molecule has 25 heavy (non-hydrogen) atoms. The van der Waals surface area contributed by atoms with Gasteiger partial charge in [-0.25, -0.2) is 0 Å². The number of aromatic nitrogens is 1. The van der Waals surface area contributed by atoms with Crippen LogP contribution in [-0.2, 0) is 16.0 Å². The van der Waals surface area contributed by atoms with Crippen molar-refractivity contribution in [2.75, 3.05) is 20.3 Å². The van der Waals surface area contributed by atoms with Gasteiger partial charge in [0.15, 0.2) is 0 Å². The molecule has 2 heterocycles. The van der Waals surface area contributed by atoms with Gasteiger partial charge in [-0.15, -0.1) is 0 Å². The van der Waals surface area contributed by atoms with E-state index in [0.29, 0.717) is 12.3 Å². The summed E-state index contributed by atoms with van der Waals surface area (Å²) in [5.41, 5.74) is 1.93. The average Bonchev–Trinajstić information content (AvgIpc) is 2.68. The first-order chi connectivity index (χ1) is 12.3. The summed E-state index contributed by atoms with van der Waals surface area (Å²) < 4.78 is 10.8. The number of benzene rings is 1. The summed E-state index contributed by atoms with van der Waals surface area (Å²) in [7, 11) is 1.62. The highest BCUT2D eigenvalue weighted by Crippen LogP contribution is 2.30. The molecule has 1 atom stereocenters. The summed E-state index contributed by atoms with van der Waals surface area (Å²) in [6.45, 7) is 1.48. The zero-order chi connectivity index (χ0) is 17.5. The zero-order valence-electron chi connectivity index (χ0n) is 14.5. The maximum absolute atomic E-state index is 12.7. The number of nitrogens with zero attached hydrogens (tertiary/aromatic N) is 1. The summed E-state index contributed by atoms with van der Waals surface area (Å²) >= 11 is 0. The number of rotatable bonds is 6. The minimum atomic E-state index is -0.0418. The van der Waals surface area contributed by atoms with E-state index in [1.54, 1.807) is 13.3 Å². The number of amides is 1. The van der Waals surface area contributed by atoms with Gasteiger partial charge in [-0.2, -0.15) is 0 Å². The normalized spacial score (nSPS) is 16.2. The van der Waals surface area contributed by atoms with Crippen LogP contribution in [0.4, 0.5) is 0 Å². The molecule has 1 amide bonds. The van der Waals surface area contributed by atoms with Crippen LogP contribution < -0.4 is 10.1 Å². The summed E-state index contributed by atoms with van der Waals surface area (Å²) in [4.78, 5) is 16.9. The Hall–Kier alpha value is -2.40. The van der Waals surface area contributed by atoms with Gasteiger partial charge >= 0.3 is 0 Å². The maximum Gasteiger partial charge on any atom is 0.225 e. The third-order valence-corrected chi connectivity index (χ3v) is 4.64. The first kappa shape index (κ1) is 17.4. The van der Waals surface area contributed by atoms with E-state index >= 15 is 0 Å². The Morgan fingerprint density at radius 1 is 1.28 bits per heavy atom. The Morgan fingerprint density at radius 3 is 2.80 bits per heavy atom. The van der Waals surface area contributed by atoms with Crippen LogP contribution >= 0.6 is 0 Å². The van der Waals surface area contributed by atoms with Gasteiger partial charge in [-0.3, -0.25) is 9.78 Å². The molecule has 5 nitrogen and oxygen atoms in total. The number of nitrogens with one attached hydrogen (secondary N) is 1. The zero-order valence-corrected chi connectivity index (χ0v) is 14.5. The van der Waals surface area contributed by atoms with E-state index in [1.807, 2.05) is 42.6 Å². The van der Waals surface area contributed by atoms with Crippen molar-refractivity contribution in [1.82, 2.24) is 10.3 Å². The number of hydrogen-bond donors (Lipinski definition) is 1. The van der Waals surface area contributed by atoms with Crippen LogP contribution in [0.2, 0.25) is 0 Å². The van der Waals surface area contributed by atoms with Crippen LogP contribution in [0.5, 0.6) is 5.75 Å². The van der Waals surface area contributed by atoms with Crippen LogP contribution in [0, 0.1) is 5.92 Å². The van der Waals surface area contributed by atoms with Gasteiger partial charge < -0.3 is 14.8 Å². The van der Waals surface area contributed by atoms with Crippen molar-refractivity contribution in [3.8, 4) is 5.75 Å². The van der Waals surface area contributed by atoms with Crippen molar-refractivity contribution in [1.29, 1.82) is 0 Å². The van der Waals surface area contributed by atoms with Crippen molar-refractivity contribution in [2.45, 2.75) is 25.3 Å². The summed E-state index contributed by atoms with van der Waals surface area (Å²) in [5, 5.41) is 3.21. The van der Waals surface area contributed by atoms with Gasteiger partial charge in [0.1, 0.15) is 5.75 Å². The van der Waals surface area contributed by atoms with Crippen LogP contribution in [0.25, 0.3) is 0 Å². The van der Waals surface area contributed by atoms with Gasteiger partial charge in [0, 0.05) is 31.2 Å². The molecule has 1 aliphatic rings. The van der Waals surface area contributed by atoms with Crippen LogP contribution in [0.1, 0.15) is 30.0 Å². The first-order valence-corrected chi connectivity index (χ1v) is 8.67. The summed E-state index contributed by atoms with van der Waals surface area (Å²) in [5.74, 6) is 1.09. The monoisotopic (exact) mass is 340 g/mol. The summed E-state index contributed by atoms with van der Waals surface area (Å²) in [6, 6.07) is 11.5. The number of hydrogen-bond acceptors (Lipinski definition) is 4. The predicted octanol–water partition coefficient (Wildman–Crippen LogP) is 2.92. The van der Waals surface area contributed by atoms with Gasteiger partial charge in [0.2, 0.25) is 5.91 Å².